The first-order valence-corrected chi connectivity index (χ1v) is 8.07. The van der Waals surface area contributed by atoms with Gasteiger partial charge in [0, 0.05) is 22.4 Å². The van der Waals surface area contributed by atoms with Gasteiger partial charge >= 0.3 is 6.36 Å². The van der Waals surface area contributed by atoms with Crippen LogP contribution in [0.15, 0.2) is 54.9 Å². The Morgan fingerprint density at radius 1 is 1.04 bits per heavy atom. The average Bonchev–Trinajstić information content (AvgIpc) is 2.64. The zero-order chi connectivity index (χ0) is 20.3. The Morgan fingerprint density at radius 3 is 2.25 bits per heavy atom. The Bertz CT molecular complexity index is 988. The summed E-state index contributed by atoms with van der Waals surface area (Å²) in [6.45, 7) is 1.81. The standard InChI is InChI=1S/C19H15F3N4O2/c1-11-16(12-2-4-13(5-3-12)17(23)27)24-10-25-18(11)26-14-6-8-15(9-7-14)28-19(20,21)22/h2-10H,1H3,(H2,23,27)(H,24,25,26). The smallest absolute Gasteiger partial charge is 0.406 e. The number of nitrogens with two attached hydrogens (primary N) is 1. The van der Waals surface area contributed by atoms with Crippen molar-refractivity contribution < 1.29 is 22.7 Å². The Kier molecular flexibility index (Phi) is 5.16. The molecule has 0 aliphatic carbocycles. The third-order valence-corrected chi connectivity index (χ3v) is 3.88. The molecule has 0 fully saturated rings. The lowest BCUT2D eigenvalue weighted by molar-refractivity contribution is -0.274. The van der Waals surface area contributed by atoms with Gasteiger partial charge in [0.2, 0.25) is 5.91 Å². The second-order valence-electron chi connectivity index (χ2n) is 5.83. The van der Waals surface area contributed by atoms with E-state index in [9.17, 15) is 18.0 Å². The number of benzene rings is 2. The largest absolute Gasteiger partial charge is 0.573 e. The Morgan fingerprint density at radius 2 is 1.68 bits per heavy atom. The summed E-state index contributed by atoms with van der Waals surface area (Å²) in [5, 5.41) is 3.04. The fourth-order valence-corrected chi connectivity index (χ4v) is 2.54. The maximum absolute atomic E-state index is 12.2. The van der Waals surface area contributed by atoms with Crippen LogP contribution in [0.2, 0.25) is 0 Å². The molecule has 1 amide bonds. The number of halogens is 3. The van der Waals surface area contributed by atoms with Gasteiger partial charge in [0.05, 0.1) is 5.69 Å². The molecule has 1 heterocycles. The molecule has 0 unspecified atom stereocenters. The zero-order valence-corrected chi connectivity index (χ0v) is 14.6. The van der Waals surface area contributed by atoms with Gasteiger partial charge in [-0.05, 0) is 43.3 Å². The molecule has 6 nitrogen and oxygen atoms in total. The summed E-state index contributed by atoms with van der Waals surface area (Å²) in [4.78, 5) is 19.6. The number of carbonyl (C=O) groups excluding carboxylic acids is 1. The molecule has 9 heteroatoms. The van der Waals surface area contributed by atoms with Gasteiger partial charge in [-0.3, -0.25) is 4.79 Å². The molecule has 3 rings (SSSR count). The fraction of sp³-hybridized carbons (Fsp3) is 0.105. The number of nitrogens with zero attached hydrogens (tertiary/aromatic N) is 2. The van der Waals surface area contributed by atoms with E-state index in [2.05, 4.69) is 20.0 Å². The van der Waals surface area contributed by atoms with E-state index >= 15 is 0 Å². The third-order valence-electron chi connectivity index (χ3n) is 3.88. The van der Waals surface area contributed by atoms with Crippen LogP contribution in [0.5, 0.6) is 5.75 Å². The number of nitrogens with one attached hydrogen (secondary N) is 1. The first-order valence-electron chi connectivity index (χ1n) is 8.07. The molecule has 0 bridgehead atoms. The summed E-state index contributed by atoms with van der Waals surface area (Å²) in [7, 11) is 0. The minimum atomic E-state index is -4.74. The topological polar surface area (TPSA) is 90.1 Å². The molecule has 0 aliphatic rings. The van der Waals surface area contributed by atoms with Crippen LogP contribution in [-0.4, -0.2) is 22.2 Å². The highest BCUT2D eigenvalue weighted by Gasteiger charge is 2.30. The van der Waals surface area contributed by atoms with Crippen LogP contribution >= 0.6 is 0 Å². The number of hydrogen-bond acceptors (Lipinski definition) is 5. The van der Waals surface area contributed by atoms with E-state index in [0.717, 1.165) is 11.1 Å². The lowest BCUT2D eigenvalue weighted by atomic mass is 10.0. The summed E-state index contributed by atoms with van der Waals surface area (Å²) >= 11 is 0. The molecular weight excluding hydrogens is 373 g/mol. The van der Waals surface area contributed by atoms with E-state index in [1.54, 1.807) is 31.2 Å². The number of rotatable bonds is 5. The van der Waals surface area contributed by atoms with Crippen molar-refractivity contribution in [3.8, 4) is 17.0 Å². The van der Waals surface area contributed by atoms with Crippen molar-refractivity contribution in [3.63, 3.8) is 0 Å². The number of ether oxygens (including phenoxy) is 1. The van der Waals surface area contributed by atoms with Gasteiger partial charge in [0.1, 0.15) is 17.9 Å². The van der Waals surface area contributed by atoms with Gasteiger partial charge in [0.25, 0.3) is 0 Å². The third kappa shape index (κ3) is 4.56. The predicted molar refractivity (Wildman–Crippen MR) is 97.1 cm³/mol. The molecule has 0 saturated carbocycles. The van der Waals surface area contributed by atoms with Crippen LogP contribution < -0.4 is 15.8 Å². The number of anilines is 2. The number of alkyl halides is 3. The van der Waals surface area contributed by atoms with E-state index in [4.69, 9.17) is 5.73 Å². The molecule has 0 aliphatic heterocycles. The molecule has 0 saturated heterocycles. The van der Waals surface area contributed by atoms with Crippen molar-refractivity contribution in [2.45, 2.75) is 13.3 Å². The fourth-order valence-electron chi connectivity index (χ4n) is 2.54. The Hall–Kier alpha value is -3.62. The SMILES string of the molecule is Cc1c(Nc2ccc(OC(F)(F)F)cc2)ncnc1-c1ccc(C(N)=O)cc1. The van der Waals surface area contributed by atoms with Gasteiger partial charge in [-0.1, -0.05) is 12.1 Å². The molecule has 3 aromatic rings. The number of aromatic nitrogens is 2. The van der Waals surface area contributed by atoms with Gasteiger partial charge < -0.3 is 15.8 Å². The first-order chi connectivity index (χ1) is 13.2. The molecule has 0 atom stereocenters. The summed E-state index contributed by atoms with van der Waals surface area (Å²) in [5.74, 6) is -0.340. The normalized spacial score (nSPS) is 11.1. The zero-order valence-electron chi connectivity index (χ0n) is 14.6. The molecule has 0 spiro atoms. The molecule has 144 valence electrons. The van der Waals surface area contributed by atoms with Gasteiger partial charge in [-0.25, -0.2) is 9.97 Å². The van der Waals surface area contributed by atoms with Crippen molar-refractivity contribution in [2.75, 3.05) is 5.32 Å². The van der Waals surface area contributed by atoms with E-state index in [0.29, 0.717) is 22.8 Å². The number of amides is 1. The first kappa shape index (κ1) is 19.2. The molecule has 0 radical (unpaired) electrons. The molecule has 28 heavy (non-hydrogen) atoms. The summed E-state index contributed by atoms with van der Waals surface area (Å²) < 4.78 is 40.6. The van der Waals surface area contributed by atoms with E-state index in [1.165, 1.54) is 30.6 Å². The Balaban J connectivity index is 1.82. The maximum Gasteiger partial charge on any atom is 0.573 e. The van der Waals surface area contributed by atoms with Crippen molar-refractivity contribution in [3.05, 3.63) is 66.0 Å². The van der Waals surface area contributed by atoms with Crippen LogP contribution in [0.4, 0.5) is 24.7 Å². The number of hydrogen-bond donors (Lipinski definition) is 2. The van der Waals surface area contributed by atoms with Gasteiger partial charge in [-0.15, -0.1) is 13.2 Å². The van der Waals surface area contributed by atoms with Gasteiger partial charge in [0.15, 0.2) is 0 Å². The highest BCUT2D eigenvalue weighted by molar-refractivity contribution is 5.93. The highest BCUT2D eigenvalue weighted by atomic mass is 19.4. The molecular formula is C19H15F3N4O2. The van der Waals surface area contributed by atoms with Crippen LogP contribution in [-0.2, 0) is 0 Å². The van der Waals surface area contributed by atoms with Crippen molar-refractivity contribution in [1.29, 1.82) is 0 Å². The molecule has 3 N–H and O–H groups in total. The van der Waals surface area contributed by atoms with E-state index < -0.39 is 12.3 Å². The molecule has 2 aromatic carbocycles. The van der Waals surface area contributed by atoms with Crippen LogP contribution in [0.25, 0.3) is 11.3 Å². The van der Waals surface area contributed by atoms with Gasteiger partial charge in [-0.2, -0.15) is 0 Å². The summed E-state index contributed by atoms with van der Waals surface area (Å²) in [6.07, 6.45) is -3.37. The van der Waals surface area contributed by atoms with E-state index in [1.807, 2.05) is 0 Å². The summed E-state index contributed by atoms with van der Waals surface area (Å²) in [5.41, 5.74) is 8.30. The van der Waals surface area contributed by atoms with Crippen molar-refractivity contribution in [1.82, 2.24) is 9.97 Å². The number of primary amides is 1. The van der Waals surface area contributed by atoms with E-state index in [-0.39, 0.29) is 5.75 Å². The quantitative estimate of drug-likeness (QED) is 0.684. The lowest BCUT2D eigenvalue weighted by Crippen LogP contribution is -2.17. The second kappa shape index (κ2) is 7.55. The Labute approximate surface area is 158 Å². The van der Waals surface area contributed by atoms with Crippen LogP contribution in [0.1, 0.15) is 15.9 Å². The van der Waals surface area contributed by atoms with Crippen LogP contribution in [0.3, 0.4) is 0 Å². The maximum atomic E-state index is 12.2. The highest BCUT2D eigenvalue weighted by Crippen LogP contribution is 2.28. The van der Waals surface area contributed by atoms with Crippen LogP contribution in [0, 0.1) is 6.92 Å². The van der Waals surface area contributed by atoms with Crippen molar-refractivity contribution >= 4 is 17.4 Å². The second-order valence-corrected chi connectivity index (χ2v) is 5.83. The minimum absolute atomic E-state index is 0.312. The summed E-state index contributed by atoms with van der Waals surface area (Å²) in [6, 6.07) is 12.0. The lowest BCUT2D eigenvalue weighted by Gasteiger charge is -2.13. The van der Waals surface area contributed by atoms with Crippen molar-refractivity contribution in [2.24, 2.45) is 5.73 Å². The number of carbonyl (C=O) groups is 1. The average molecular weight is 388 g/mol. The molecule has 1 aromatic heterocycles. The predicted octanol–water partition coefficient (Wildman–Crippen LogP) is 4.19. The monoisotopic (exact) mass is 388 g/mol. The minimum Gasteiger partial charge on any atom is -0.406 e.